The van der Waals surface area contributed by atoms with Crippen molar-refractivity contribution in [2.75, 3.05) is 0 Å². The van der Waals surface area contributed by atoms with Crippen molar-refractivity contribution in [2.24, 2.45) is 0 Å². The second kappa shape index (κ2) is 6.67. The van der Waals surface area contributed by atoms with Crippen LogP contribution in [0.3, 0.4) is 0 Å². The summed E-state index contributed by atoms with van der Waals surface area (Å²) in [4.78, 5) is 10.0. The normalized spacial score (nSPS) is 12.8. The van der Waals surface area contributed by atoms with Crippen molar-refractivity contribution in [3.63, 3.8) is 0 Å². The van der Waals surface area contributed by atoms with Gasteiger partial charge in [0.15, 0.2) is 0 Å². The minimum Gasteiger partial charge on any atom is -0.258 e. The number of hydrogen-bond donors (Lipinski definition) is 1. The standard InChI is InChI=1S/C15H16N2O4S/c1-2-15(12-7-4-3-5-8-12)16-22(20,21)14-10-6-9-13(11-14)17(18)19/h3-11,15-16H,2H2,1H3/t15-/m0/s1. The van der Waals surface area contributed by atoms with Crippen LogP contribution in [-0.2, 0) is 10.0 Å². The molecule has 0 fully saturated rings. The molecule has 0 aromatic heterocycles. The van der Waals surface area contributed by atoms with Gasteiger partial charge >= 0.3 is 0 Å². The molecule has 1 N–H and O–H groups in total. The van der Waals surface area contributed by atoms with Crippen molar-refractivity contribution in [1.82, 2.24) is 4.72 Å². The number of nitrogens with one attached hydrogen (secondary N) is 1. The van der Waals surface area contributed by atoms with E-state index in [9.17, 15) is 18.5 Å². The molecule has 0 aliphatic heterocycles. The summed E-state index contributed by atoms with van der Waals surface area (Å²) in [5.74, 6) is 0. The number of nitrogens with zero attached hydrogens (tertiary/aromatic N) is 1. The molecule has 0 aliphatic rings. The Balaban J connectivity index is 2.30. The van der Waals surface area contributed by atoms with Gasteiger partial charge in [0.2, 0.25) is 10.0 Å². The van der Waals surface area contributed by atoms with E-state index in [1.54, 1.807) is 0 Å². The number of nitro benzene ring substituents is 1. The maximum Gasteiger partial charge on any atom is 0.270 e. The first-order valence-corrected chi connectivity index (χ1v) is 8.24. The Labute approximate surface area is 129 Å². The molecule has 0 heterocycles. The predicted molar refractivity (Wildman–Crippen MR) is 82.9 cm³/mol. The van der Waals surface area contributed by atoms with Crippen LogP contribution in [0, 0.1) is 10.1 Å². The molecule has 0 radical (unpaired) electrons. The van der Waals surface area contributed by atoms with Gasteiger partial charge in [-0.25, -0.2) is 13.1 Å². The fourth-order valence-electron chi connectivity index (χ4n) is 2.09. The van der Waals surface area contributed by atoms with E-state index < -0.39 is 14.9 Å². The van der Waals surface area contributed by atoms with Gasteiger partial charge in [-0.05, 0) is 18.1 Å². The highest BCUT2D eigenvalue weighted by atomic mass is 32.2. The second-order valence-electron chi connectivity index (χ2n) is 4.75. The molecular formula is C15H16N2O4S. The minimum absolute atomic E-state index is 0.115. The smallest absolute Gasteiger partial charge is 0.258 e. The van der Waals surface area contributed by atoms with Gasteiger partial charge in [-0.2, -0.15) is 0 Å². The Kier molecular flexibility index (Phi) is 4.89. The van der Waals surface area contributed by atoms with Crippen molar-refractivity contribution in [1.29, 1.82) is 0 Å². The van der Waals surface area contributed by atoms with E-state index in [1.165, 1.54) is 18.2 Å². The third-order valence-electron chi connectivity index (χ3n) is 3.25. The van der Waals surface area contributed by atoms with Crippen LogP contribution in [0.2, 0.25) is 0 Å². The lowest BCUT2D eigenvalue weighted by Gasteiger charge is -2.17. The molecule has 2 aromatic carbocycles. The van der Waals surface area contributed by atoms with Crippen LogP contribution in [0.1, 0.15) is 24.9 Å². The molecule has 7 heteroatoms. The van der Waals surface area contributed by atoms with Crippen molar-refractivity contribution in [3.05, 3.63) is 70.3 Å². The van der Waals surface area contributed by atoms with Crippen molar-refractivity contribution in [3.8, 4) is 0 Å². The number of non-ortho nitro benzene ring substituents is 1. The molecule has 0 amide bonds. The fourth-order valence-corrected chi connectivity index (χ4v) is 3.44. The van der Waals surface area contributed by atoms with Gasteiger partial charge < -0.3 is 0 Å². The van der Waals surface area contributed by atoms with Gasteiger partial charge in [0.05, 0.1) is 9.82 Å². The van der Waals surface area contributed by atoms with Gasteiger partial charge in [-0.15, -0.1) is 0 Å². The lowest BCUT2D eigenvalue weighted by Crippen LogP contribution is -2.28. The number of nitro groups is 1. The summed E-state index contributed by atoms with van der Waals surface area (Å²) in [6, 6.07) is 13.8. The number of rotatable bonds is 6. The average molecular weight is 320 g/mol. The molecule has 1 atom stereocenters. The molecule has 0 aliphatic carbocycles. The molecular weight excluding hydrogens is 304 g/mol. The molecule has 22 heavy (non-hydrogen) atoms. The zero-order chi connectivity index (χ0) is 16.2. The quantitative estimate of drug-likeness (QED) is 0.654. The topological polar surface area (TPSA) is 89.3 Å². The van der Waals surface area contributed by atoms with E-state index >= 15 is 0 Å². The summed E-state index contributed by atoms with van der Waals surface area (Å²) in [6.07, 6.45) is 0.568. The first-order valence-electron chi connectivity index (χ1n) is 6.76. The van der Waals surface area contributed by atoms with Gasteiger partial charge in [0.1, 0.15) is 0 Å². The lowest BCUT2D eigenvalue weighted by atomic mass is 10.1. The number of sulfonamides is 1. The van der Waals surface area contributed by atoms with Crippen molar-refractivity contribution in [2.45, 2.75) is 24.3 Å². The highest BCUT2D eigenvalue weighted by Gasteiger charge is 2.22. The Bertz CT molecular complexity index is 760. The Hall–Kier alpha value is -2.25. The van der Waals surface area contributed by atoms with Gasteiger partial charge in [-0.1, -0.05) is 43.3 Å². The number of hydrogen-bond acceptors (Lipinski definition) is 4. The predicted octanol–water partition coefficient (Wildman–Crippen LogP) is 3.02. The Morgan fingerprint density at radius 2 is 1.82 bits per heavy atom. The Morgan fingerprint density at radius 1 is 1.14 bits per heavy atom. The maximum atomic E-state index is 12.4. The second-order valence-corrected chi connectivity index (χ2v) is 6.46. The number of benzene rings is 2. The first kappa shape index (κ1) is 16.1. The van der Waals surface area contributed by atoms with E-state index in [0.29, 0.717) is 6.42 Å². The van der Waals surface area contributed by atoms with Gasteiger partial charge in [0.25, 0.3) is 5.69 Å². The highest BCUT2D eigenvalue weighted by molar-refractivity contribution is 7.89. The summed E-state index contributed by atoms with van der Waals surface area (Å²) in [5.41, 5.74) is 0.592. The van der Waals surface area contributed by atoms with E-state index in [2.05, 4.69) is 4.72 Å². The van der Waals surface area contributed by atoms with Crippen LogP contribution in [0.4, 0.5) is 5.69 Å². The third kappa shape index (κ3) is 3.69. The van der Waals surface area contributed by atoms with E-state index in [0.717, 1.165) is 11.6 Å². The van der Waals surface area contributed by atoms with Crippen LogP contribution in [-0.4, -0.2) is 13.3 Å². The van der Waals surface area contributed by atoms with Crippen LogP contribution in [0.25, 0.3) is 0 Å². The Morgan fingerprint density at radius 3 is 2.41 bits per heavy atom. The summed E-state index contributed by atoms with van der Waals surface area (Å²) >= 11 is 0. The molecule has 6 nitrogen and oxygen atoms in total. The zero-order valence-electron chi connectivity index (χ0n) is 12.0. The van der Waals surface area contributed by atoms with Crippen molar-refractivity contribution >= 4 is 15.7 Å². The van der Waals surface area contributed by atoms with E-state index in [1.807, 2.05) is 37.3 Å². The van der Waals surface area contributed by atoms with Crippen LogP contribution < -0.4 is 4.72 Å². The lowest BCUT2D eigenvalue weighted by molar-refractivity contribution is -0.385. The van der Waals surface area contributed by atoms with Crippen LogP contribution in [0.5, 0.6) is 0 Å². The summed E-state index contributed by atoms with van der Waals surface area (Å²) in [5, 5.41) is 10.8. The summed E-state index contributed by atoms with van der Waals surface area (Å²) in [7, 11) is -3.83. The largest absolute Gasteiger partial charge is 0.270 e. The monoisotopic (exact) mass is 320 g/mol. The fraction of sp³-hybridized carbons (Fsp3) is 0.200. The van der Waals surface area contributed by atoms with Crippen LogP contribution >= 0.6 is 0 Å². The van der Waals surface area contributed by atoms with E-state index in [-0.39, 0.29) is 16.6 Å². The SMILES string of the molecule is CC[C@H](NS(=O)(=O)c1cccc([N+](=O)[O-])c1)c1ccccc1. The first-order chi connectivity index (χ1) is 10.4. The third-order valence-corrected chi connectivity index (χ3v) is 4.72. The molecule has 0 spiro atoms. The molecule has 0 saturated carbocycles. The van der Waals surface area contributed by atoms with E-state index in [4.69, 9.17) is 0 Å². The molecule has 116 valence electrons. The van der Waals surface area contributed by atoms with Gasteiger partial charge in [-0.3, -0.25) is 10.1 Å². The summed E-state index contributed by atoms with van der Waals surface area (Å²) in [6.45, 7) is 1.87. The molecule has 0 bridgehead atoms. The molecule has 0 saturated heterocycles. The molecule has 2 aromatic rings. The maximum absolute atomic E-state index is 12.4. The molecule has 0 unspecified atom stereocenters. The minimum atomic E-state index is -3.83. The molecule has 2 rings (SSSR count). The average Bonchev–Trinajstić information content (AvgIpc) is 2.53. The zero-order valence-corrected chi connectivity index (χ0v) is 12.8. The summed E-state index contributed by atoms with van der Waals surface area (Å²) < 4.78 is 27.4. The van der Waals surface area contributed by atoms with Crippen molar-refractivity contribution < 1.29 is 13.3 Å². The van der Waals surface area contributed by atoms with Gasteiger partial charge in [0, 0.05) is 18.2 Å². The van der Waals surface area contributed by atoms with Crippen LogP contribution in [0.15, 0.2) is 59.5 Å². The highest BCUT2D eigenvalue weighted by Crippen LogP contribution is 2.22.